The average molecular weight is 420 g/mol. The Balaban J connectivity index is 1.17. The normalized spacial score (nSPS) is 16.5. The number of piperazine rings is 1. The highest BCUT2D eigenvalue weighted by atomic mass is 16.2. The van der Waals surface area contributed by atoms with E-state index in [0.717, 1.165) is 30.0 Å². The summed E-state index contributed by atoms with van der Waals surface area (Å²) in [5.41, 5.74) is 1.60. The highest BCUT2D eigenvalue weighted by Crippen LogP contribution is 2.38. The maximum Gasteiger partial charge on any atom is 0.254 e. The Bertz CT molecular complexity index is 1140. The van der Waals surface area contributed by atoms with Crippen LogP contribution in [0.5, 0.6) is 0 Å². The summed E-state index contributed by atoms with van der Waals surface area (Å²) in [6.07, 6.45) is 5.54. The molecule has 2 aliphatic rings. The van der Waals surface area contributed by atoms with Crippen LogP contribution in [0.15, 0.2) is 41.6 Å². The van der Waals surface area contributed by atoms with Crippen molar-refractivity contribution in [2.24, 2.45) is 0 Å². The fraction of sp³-hybridized carbons (Fsp3) is 0.429. The van der Waals surface area contributed by atoms with Crippen LogP contribution in [0.1, 0.15) is 30.1 Å². The minimum absolute atomic E-state index is 0.0224. The number of nitrogens with zero attached hydrogens (tertiary/aromatic N) is 8. The second-order valence-corrected chi connectivity index (χ2v) is 8.07. The lowest BCUT2D eigenvalue weighted by Gasteiger charge is -2.35. The number of hydrogen-bond acceptors (Lipinski definition) is 7. The van der Waals surface area contributed by atoms with Crippen LogP contribution < -0.4 is 10.5 Å². The van der Waals surface area contributed by atoms with Crippen LogP contribution in [0.4, 0.5) is 5.82 Å². The number of amides is 1. The van der Waals surface area contributed by atoms with Gasteiger partial charge in [-0.25, -0.2) is 9.67 Å². The van der Waals surface area contributed by atoms with Gasteiger partial charge in [0, 0.05) is 44.4 Å². The molecule has 3 aromatic heterocycles. The third-order valence-electron chi connectivity index (χ3n) is 5.75. The molecule has 1 aliphatic carbocycles. The molecule has 1 amide bonds. The Hall–Kier alpha value is -3.56. The summed E-state index contributed by atoms with van der Waals surface area (Å²) in [6.45, 7) is 4.42. The first-order chi connectivity index (χ1) is 15.1. The first-order valence-corrected chi connectivity index (χ1v) is 10.5. The number of rotatable bonds is 5. The molecule has 5 rings (SSSR count). The number of aromatic nitrogens is 6. The SMILES string of the molecule is Cc1ccn(-c2ccc(N3CCN(C(=O)Cn4cnc(C5CC5)cc4=O)CC3)nn2)n1. The largest absolute Gasteiger partial charge is 0.352 e. The highest BCUT2D eigenvalue weighted by molar-refractivity contribution is 5.76. The van der Waals surface area contributed by atoms with Gasteiger partial charge in [-0.2, -0.15) is 5.10 Å². The Morgan fingerprint density at radius 3 is 2.42 bits per heavy atom. The maximum absolute atomic E-state index is 12.7. The first-order valence-electron chi connectivity index (χ1n) is 10.5. The van der Waals surface area contributed by atoms with Gasteiger partial charge in [0.15, 0.2) is 11.6 Å². The summed E-state index contributed by atoms with van der Waals surface area (Å²) >= 11 is 0. The van der Waals surface area contributed by atoms with E-state index in [1.165, 1.54) is 10.9 Å². The van der Waals surface area contributed by atoms with Crippen molar-refractivity contribution in [3.05, 3.63) is 58.5 Å². The van der Waals surface area contributed by atoms with Gasteiger partial charge in [-0.15, -0.1) is 10.2 Å². The van der Waals surface area contributed by atoms with Crippen LogP contribution in [0.25, 0.3) is 5.82 Å². The third kappa shape index (κ3) is 4.18. The molecule has 1 saturated carbocycles. The number of aryl methyl sites for hydroxylation is 1. The summed E-state index contributed by atoms with van der Waals surface area (Å²) in [4.78, 5) is 33.2. The van der Waals surface area contributed by atoms with Crippen LogP contribution in [-0.2, 0) is 11.3 Å². The van der Waals surface area contributed by atoms with Gasteiger partial charge in [-0.05, 0) is 38.0 Å². The number of anilines is 1. The molecule has 0 spiro atoms. The van der Waals surface area contributed by atoms with Crippen LogP contribution in [-0.4, -0.2) is 66.5 Å². The molecule has 31 heavy (non-hydrogen) atoms. The van der Waals surface area contributed by atoms with Crippen LogP contribution in [0.2, 0.25) is 0 Å². The van der Waals surface area contributed by atoms with Gasteiger partial charge in [0.05, 0.1) is 17.7 Å². The molecule has 2 fully saturated rings. The van der Waals surface area contributed by atoms with Crippen molar-refractivity contribution in [2.45, 2.75) is 32.2 Å². The van der Waals surface area contributed by atoms with Gasteiger partial charge in [0.1, 0.15) is 6.54 Å². The lowest BCUT2D eigenvalue weighted by molar-refractivity contribution is -0.132. The Labute approximate surface area is 179 Å². The van der Waals surface area contributed by atoms with Crippen molar-refractivity contribution in [1.82, 2.24) is 34.4 Å². The predicted molar refractivity (Wildman–Crippen MR) is 113 cm³/mol. The Morgan fingerprint density at radius 1 is 1.06 bits per heavy atom. The van der Waals surface area contributed by atoms with Crippen molar-refractivity contribution >= 4 is 11.7 Å². The molecule has 10 heteroatoms. The number of hydrogen-bond donors (Lipinski definition) is 0. The molecule has 0 N–H and O–H groups in total. The van der Waals surface area contributed by atoms with E-state index >= 15 is 0 Å². The second kappa shape index (κ2) is 7.93. The summed E-state index contributed by atoms with van der Waals surface area (Å²) in [6, 6.07) is 7.29. The molecule has 160 valence electrons. The van der Waals surface area contributed by atoms with Crippen molar-refractivity contribution in [2.75, 3.05) is 31.1 Å². The molecule has 0 aromatic carbocycles. The van der Waals surface area contributed by atoms with E-state index < -0.39 is 0 Å². The van der Waals surface area contributed by atoms with Crippen LogP contribution in [0.3, 0.4) is 0 Å². The van der Waals surface area contributed by atoms with Crippen molar-refractivity contribution in [3.8, 4) is 5.82 Å². The van der Waals surface area contributed by atoms with E-state index in [1.54, 1.807) is 15.6 Å². The molecule has 0 bridgehead atoms. The smallest absolute Gasteiger partial charge is 0.254 e. The van der Waals surface area contributed by atoms with Gasteiger partial charge >= 0.3 is 0 Å². The minimum Gasteiger partial charge on any atom is -0.352 e. The van der Waals surface area contributed by atoms with E-state index in [1.807, 2.05) is 31.3 Å². The van der Waals surface area contributed by atoms with E-state index in [2.05, 4.69) is 25.2 Å². The van der Waals surface area contributed by atoms with E-state index in [-0.39, 0.29) is 18.0 Å². The van der Waals surface area contributed by atoms with Crippen molar-refractivity contribution in [1.29, 1.82) is 0 Å². The van der Waals surface area contributed by atoms with Crippen LogP contribution in [0, 0.1) is 6.92 Å². The van der Waals surface area contributed by atoms with E-state index in [9.17, 15) is 9.59 Å². The number of carbonyl (C=O) groups is 1. The van der Waals surface area contributed by atoms with Gasteiger partial charge < -0.3 is 9.80 Å². The monoisotopic (exact) mass is 420 g/mol. The Morgan fingerprint density at radius 2 is 1.81 bits per heavy atom. The molecule has 1 aliphatic heterocycles. The molecular weight excluding hydrogens is 396 g/mol. The maximum atomic E-state index is 12.7. The second-order valence-electron chi connectivity index (χ2n) is 8.07. The molecule has 0 radical (unpaired) electrons. The molecule has 0 atom stereocenters. The van der Waals surface area contributed by atoms with Gasteiger partial charge in [0.2, 0.25) is 5.91 Å². The zero-order valence-electron chi connectivity index (χ0n) is 17.4. The van der Waals surface area contributed by atoms with Gasteiger partial charge in [0.25, 0.3) is 5.56 Å². The zero-order valence-corrected chi connectivity index (χ0v) is 17.4. The van der Waals surface area contributed by atoms with Crippen molar-refractivity contribution < 1.29 is 4.79 Å². The zero-order chi connectivity index (χ0) is 21.4. The fourth-order valence-corrected chi connectivity index (χ4v) is 3.74. The average Bonchev–Trinajstić information content (AvgIpc) is 3.56. The van der Waals surface area contributed by atoms with E-state index in [4.69, 9.17) is 0 Å². The lowest BCUT2D eigenvalue weighted by atomic mass is 10.3. The molecule has 10 nitrogen and oxygen atoms in total. The number of carbonyl (C=O) groups excluding carboxylic acids is 1. The molecule has 3 aromatic rings. The summed E-state index contributed by atoms with van der Waals surface area (Å²) in [7, 11) is 0. The van der Waals surface area contributed by atoms with E-state index in [0.29, 0.717) is 37.9 Å². The molecular formula is C21H24N8O2. The molecule has 1 saturated heterocycles. The lowest BCUT2D eigenvalue weighted by Crippen LogP contribution is -2.50. The minimum atomic E-state index is -0.161. The molecule has 4 heterocycles. The quantitative estimate of drug-likeness (QED) is 0.600. The van der Waals surface area contributed by atoms with Gasteiger partial charge in [-0.3, -0.25) is 14.2 Å². The standard InChI is InChI=1S/C21H24N8O2/c1-15-6-7-29(25-15)19-5-4-18(23-24-19)26-8-10-27(11-9-26)21(31)13-28-14-22-17(12-20(28)30)16-2-3-16/h4-7,12,14,16H,2-3,8-11,13H2,1H3. The van der Waals surface area contributed by atoms with Crippen LogP contribution >= 0.6 is 0 Å². The summed E-state index contributed by atoms with van der Waals surface area (Å²) in [5.74, 6) is 1.79. The predicted octanol–water partition coefficient (Wildman–Crippen LogP) is 0.754. The topological polar surface area (TPSA) is 102 Å². The summed E-state index contributed by atoms with van der Waals surface area (Å²) < 4.78 is 3.08. The Kier molecular flexibility index (Phi) is 4.97. The molecule has 0 unspecified atom stereocenters. The first kappa shape index (κ1) is 19.4. The van der Waals surface area contributed by atoms with Crippen molar-refractivity contribution in [3.63, 3.8) is 0 Å². The highest BCUT2D eigenvalue weighted by Gasteiger charge is 2.26. The third-order valence-corrected chi connectivity index (χ3v) is 5.75. The fourth-order valence-electron chi connectivity index (χ4n) is 3.74. The summed E-state index contributed by atoms with van der Waals surface area (Å²) in [5, 5.41) is 12.9. The van der Waals surface area contributed by atoms with Gasteiger partial charge in [-0.1, -0.05) is 0 Å².